The van der Waals surface area contributed by atoms with Gasteiger partial charge >= 0.3 is 0 Å². The predicted molar refractivity (Wildman–Crippen MR) is 147 cm³/mol. The van der Waals surface area contributed by atoms with Crippen molar-refractivity contribution in [3.8, 4) is 0 Å². The Labute approximate surface area is 215 Å². The largest absolute Gasteiger partial charge is 0.475 e. The van der Waals surface area contributed by atoms with E-state index >= 15 is 0 Å². The second kappa shape index (κ2) is 10.4. The number of hydrogen-bond acceptors (Lipinski definition) is 6. The maximum atomic E-state index is 6.05. The number of nitrogens with one attached hydrogen (secondary N) is 1. The molecule has 0 spiro atoms. The number of anilines is 2. The molecule has 2 aliphatic rings. The summed E-state index contributed by atoms with van der Waals surface area (Å²) >= 11 is 1.63. The molecule has 2 aliphatic heterocycles. The summed E-state index contributed by atoms with van der Waals surface area (Å²) in [5.41, 5.74) is 5.44. The van der Waals surface area contributed by atoms with Crippen LogP contribution in [0, 0.1) is 0 Å². The third-order valence-electron chi connectivity index (χ3n) is 6.34. The molecule has 6 rings (SSSR count). The predicted octanol–water partition coefficient (Wildman–Crippen LogP) is 6.27. The van der Waals surface area contributed by atoms with Crippen LogP contribution >= 0.6 is 11.3 Å². The van der Waals surface area contributed by atoms with Crippen molar-refractivity contribution in [2.24, 2.45) is 9.98 Å². The SMILES string of the molecule is c1ccc(C[C@H]2COC(c3ccccc3Nc3ccsc3C3=N[C@@H](Cc4ccccc4)CO3)=N2)cc1. The summed E-state index contributed by atoms with van der Waals surface area (Å²) in [6, 6.07) is 31.4. The molecule has 4 aromatic rings. The number of thiophene rings is 1. The Morgan fingerprint density at radius 2 is 1.25 bits per heavy atom. The molecule has 3 heterocycles. The fraction of sp³-hybridized carbons (Fsp3) is 0.200. The molecule has 0 saturated carbocycles. The molecule has 1 N–H and O–H groups in total. The van der Waals surface area contributed by atoms with E-state index in [4.69, 9.17) is 19.5 Å². The third kappa shape index (κ3) is 5.04. The maximum absolute atomic E-state index is 6.05. The summed E-state index contributed by atoms with van der Waals surface area (Å²) in [6.45, 7) is 1.20. The highest BCUT2D eigenvalue weighted by Crippen LogP contribution is 2.31. The van der Waals surface area contributed by atoms with Crippen LogP contribution in [-0.2, 0) is 22.3 Å². The van der Waals surface area contributed by atoms with Gasteiger partial charge in [0.25, 0.3) is 0 Å². The lowest BCUT2D eigenvalue weighted by Gasteiger charge is -2.12. The minimum absolute atomic E-state index is 0.120. The van der Waals surface area contributed by atoms with Gasteiger partial charge in [0, 0.05) is 0 Å². The summed E-state index contributed by atoms with van der Waals surface area (Å²) in [5, 5.41) is 5.66. The van der Waals surface area contributed by atoms with Crippen LogP contribution in [-0.4, -0.2) is 37.1 Å². The Morgan fingerprint density at radius 1 is 0.667 bits per heavy atom. The zero-order chi connectivity index (χ0) is 24.2. The number of benzene rings is 3. The van der Waals surface area contributed by atoms with Gasteiger partial charge in [-0.25, -0.2) is 9.98 Å². The Morgan fingerprint density at radius 3 is 1.94 bits per heavy atom. The van der Waals surface area contributed by atoms with Crippen LogP contribution in [0.5, 0.6) is 0 Å². The van der Waals surface area contributed by atoms with Gasteiger partial charge in [0.1, 0.15) is 18.1 Å². The van der Waals surface area contributed by atoms with E-state index in [1.165, 1.54) is 11.1 Å². The van der Waals surface area contributed by atoms with Gasteiger partial charge < -0.3 is 14.8 Å². The average Bonchev–Trinajstić information content (AvgIpc) is 3.67. The highest BCUT2D eigenvalue weighted by Gasteiger charge is 2.25. The van der Waals surface area contributed by atoms with Crippen molar-refractivity contribution in [3.63, 3.8) is 0 Å². The number of nitrogens with zero attached hydrogens (tertiary/aromatic N) is 2. The van der Waals surface area contributed by atoms with Crippen molar-refractivity contribution >= 4 is 34.5 Å². The zero-order valence-electron chi connectivity index (χ0n) is 19.8. The molecule has 0 fully saturated rings. The van der Waals surface area contributed by atoms with E-state index in [0.717, 1.165) is 34.7 Å². The molecule has 3 aromatic carbocycles. The van der Waals surface area contributed by atoms with Crippen LogP contribution in [0.3, 0.4) is 0 Å². The number of para-hydroxylation sites is 1. The van der Waals surface area contributed by atoms with Crippen LogP contribution in [0.25, 0.3) is 0 Å². The smallest absolute Gasteiger partial charge is 0.229 e. The lowest BCUT2D eigenvalue weighted by Crippen LogP contribution is -2.10. The molecule has 0 amide bonds. The van der Waals surface area contributed by atoms with Crippen molar-refractivity contribution < 1.29 is 9.47 Å². The Kier molecular flexibility index (Phi) is 6.50. The van der Waals surface area contributed by atoms with Crippen LogP contribution in [0.15, 0.2) is 106 Å². The van der Waals surface area contributed by atoms with Gasteiger partial charge in [0.15, 0.2) is 0 Å². The van der Waals surface area contributed by atoms with Crippen LogP contribution < -0.4 is 5.32 Å². The van der Waals surface area contributed by atoms with Crippen molar-refractivity contribution in [2.75, 3.05) is 18.5 Å². The molecule has 5 nitrogen and oxygen atoms in total. The fourth-order valence-electron chi connectivity index (χ4n) is 4.58. The summed E-state index contributed by atoms with van der Waals surface area (Å²) in [7, 11) is 0. The molecule has 0 saturated heterocycles. The molecule has 0 bridgehead atoms. The summed E-state index contributed by atoms with van der Waals surface area (Å²) in [4.78, 5) is 10.8. The lowest BCUT2D eigenvalue weighted by molar-refractivity contribution is 0.317. The number of hydrogen-bond donors (Lipinski definition) is 1. The minimum atomic E-state index is 0.120. The molecule has 6 heteroatoms. The van der Waals surface area contributed by atoms with Gasteiger partial charge in [-0.1, -0.05) is 72.8 Å². The van der Waals surface area contributed by atoms with Crippen molar-refractivity contribution in [1.29, 1.82) is 0 Å². The molecule has 36 heavy (non-hydrogen) atoms. The van der Waals surface area contributed by atoms with Gasteiger partial charge in [0.05, 0.1) is 29.0 Å². The molecular formula is C30H27N3O2S. The Balaban J connectivity index is 1.19. The molecule has 2 atom stereocenters. The third-order valence-corrected chi connectivity index (χ3v) is 7.24. The second-order valence-corrected chi connectivity index (χ2v) is 9.93. The number of rotatable bonds is 8. The maximum Gasteiger partial charge on any atom is 0.229 e. The highest BCUT2D eigenvalue weighted by atomic mass is 32.1. The Hall–Kier alpha value is -3.90. The molecule has 180 valence electrons. The molecular weight excluding hydrogens is 466 g/mol. The topological polar surface area (TPSA) is 55.2 Å². The van der Waals surface area contributed by atoms with E-state index in [9.17, 15) is 0 Å². The standard InChI is InChI=1S/C30H27N3O2S/c1-3-9-21(10-4-1)17-23-19-34-29(31-23)25-13-7-8-14-26(25)33-27-15-16-36-28(27)30-32-24(20-35-30)18-22-11-5-2-6-12-22/h1-16,23-24,33H,17-20H2/t23-,24-/m0/s1. The van der Waals surface area contributed by atoms with E-state index in [0.29, 0.717) is 25.0 Å². The van der Waals surface area contributed by atoms with E-state index in [1.54, 1.807) is 11.3 Å². The van der Waals surface area contributed by atoms with Crippen molar-refractivity contribution in [1.82, 2.24) is 0 Å². The van der Waals surface area contributed by atoms with E-state index < -0.39 is 0 Å². The van der Waals surface area contributed by atoms with E-state index in [-0.39, 0.29) is 12.1 Å². The quantitative estimate of drug-likeness (QED) is 0.315. The molecule has 0 aliphatic carbocycles. The van der Waals surface area contributed by atoms with Gasteiger partial charge in [-0.15, -0.1) is 11.3 Å². The van der Waals surface area contributed by atoms with E-state index in [2.05, 4.69) is 77.4 Å². The normalized spacial score (nSPS) is 18.8. The summed E-state index contributed by atoms with van der Waals surface area (Å²) in [5.74, 6) is 1.40. The minimum Gasteiger partial charge on any atom is -0.475 e. The molecule has 1 aromatic heterocycles. The number of aliphatic imine (C=N–C) groups is 2. The summed E-state index contributed by atoms with van der Waals surface area (Å²) in [6.07, 6.45) is 1.75. The van der Waals surface area contributed by atoms with Gasteiger partial charge in [-0.3, -0.25) is 0 Å². The highest BCUT2D eigenvalue weighted by molar-refractivity contribution is 7.12. The first-order valence-corrected chi connectivity index (χ1v) is 13.1. The zero-order valence-corrected chi connectivity index (χ0v) is 20.7. The number of ether oxygens (including phenoxy) is 2. The first-order valence-electron chi connectivity index (χ1n) is 12.2. The van der Waals surface area contributed by atoms with Gasteiger partial charge in [-0.05, 0) is 47.5 Å². The van der Waals surface area contributed by atoms with Crippen LogP contribution in [0.1, 0.15) is 21.6 Å². The lowest BCUT2D eigenvalue weighted by atomic mass is 10.1. The first-order chi connectivity index (χ1) is 17.8. The van der Waals surface area contributed by atoms with Crippen molar-refractivity contribution in [2.45, 2.75) is 24.9 Å². The molecule has 0 unspecified atom stereocenters. The van der Waals surface area contributed by atoms with E-state index in [1.807, 2.05) is 24.3 Å². The fourth-order valence-corrected chi connectivity index (χ4v) is 5.38. The monoisotopic (exact) mass is 493 g/mol. The second-order valence-electron chi connectivity index (χ2n) is 9.01. The first kappa shape index (κ1) is 22.6. The Bertz CT molecular complexity index is 1380. The molecule has 0 radical (unpaired) electrons. The van der Waals surface area contributed by atoms with Crippen LogP contribution in [0.2, 0.25) is 0 Å². The van der Waals surface area contributed by atoms with Gasteiger partial charge in [0.2, 0.25) is 11.8 Å². The van der Waals surface area contributed by atoms with Crippen LogP contribution in [0.4, 0.5) is 11.4 Å². The average molecular weight is 494 g/mol. The van der Waals surface area contributed by atoms with Crippen molar-refractivity contribution in [3.05, 3.63) is 118 Å². The van der Waals surface area contributed by atoms with Gasteiger partial charge in [-0.2, -0.15) is 0 Å². The summed E-state index contributed by atoms with van der Waals surface area (Å²) < 4.78 is 12.1.